The Morgan fingerprint density at radius 1 is 0.396 bits per heavy atom. The Labute approximate surface area is 280 Å². The molecule has 1 aromatic heterocycles. The fraction of sp³-hybridized carbons (Fsp3) is 0. The number of benzene rings is 8. The van der Waals surface area contributed by atoms with Gasteiger partial charge >= 0.3 is 0 Å². The summed E-state index contributed by atoms with van der Waals surface area (Å²) in [6, 6.07) is 69.9. The van der Waals surface area contributed by atoms with E-state index in [1.54, 1.807) is 0 Å². The minimum atomic E-state index is 1.10. The molecule has 9 rings (SSSR count). The third kappa shape index (κ3) is 4.74. The SMILES string of the molecule is c1ccc(-c2cccc(N(c3ccc4ccccc4c3)c3cccc4c5c(-c6ccccc6)cccc5n(-c5ccccc5)c34)c2)cc1. The molecule has 0 spiro atoms. The lowest BCUT2D eigenvalue weighted by Crippen LogP contribution is -2.12. The molecular weight excluding hydrogens is 581 g/mol. The highest BCUT2D eigenvalue weighted by atomic mass is 15.2. The summed E-state index contributed by atoms with van der Waals surface area (Å²) in [5.74, 6) is 0. The van der Waals surface area contributed by atoms with Crippen molar-refractivity contribution in [3.63, 3.8) is 0 Å². The van der Waals surface area contributed by atoms with E-state index in [2.05, 4.69) is 204 Å². The second-order valence-electron chi connectivity index (χ2n) is 12.2. The van der Waals surface area contributed by atoms with Crippen molar-refractivity contribution in [1.82, 2.24) is 4.57 Å². The van der Waals surface area contributed by atoms with E-state index in [4.69, 9.17) is 0 Å². The number of aromatic nitrogens is 1. The summed E-state index contributed by atoms with van der Waals surface area (Å²) in [5, 5.41) is 4.90. The van der Waals surface area contributed by atoms with Gasteiger partial charge in [0.25, 0.3) is 0 Å². The first-order valence-electron chi connectivity index (χ1n) is 16.4. The molecule has 48 heavy (non-hydrogen) atoms. The van der Waals surface area contributed by atoms with Crippen molar-refractivity contribution in [3.8, 4) is 27.9 Å². The summed E-state index contributed by atoms with van der Waals surface area (Å²) < 4.78 is 2.45. The molecule has 8 aromatic carbocycles. The fourth-order valence-corrected chi connectivity index (χ4v) is 7.18. The molecule has 0 aliphatic rings. The molecule has 1 heterocycles. The minimum Gasteiger partial charge on any atom is -0.308 e. The first-order chi connectivity index (χ1) is 23.8. The van der Waals surface area contributed by atoms with Gasteiger partial charge in [-0.15, -0.1) is 0 Å². The molecule has 0 radical (unpaired) electrons. The van der Waals surface area contributed by atoms with Crippen molar-refractivity contribution in [2.75, 3.05) is 4.90 Å². The van der Waals surface area contributed by atoms with Crippen molar-refractivity contribution in [3.05, 3.63) is 194 Å². The highest BCUT2D eigenvalue weighted by molar-refractivity contribution is 6.19. The van der Waals surface area contributed by atoms with Gasteiger partial charge in [0.2, 0.25) is 0 Å². The average Bonchev–Trinajstić information content (AvgIpc) is 3.51. The summed E-state index contributed by atoms with van der Waals surface area (Å²) in [6.07, 6.45) is 0. The summed E-state index contributed by atoms with van der Waals surface area (Å²) in [6.45, 7) is 0. The van der Waals surface area contributed by atoms with E-state index in [1.165, 1.54) is 54.8 Å². The van der Waals surface area contributed by atoms with Crippen molar-refractivity contribution in [2.45, 2.75) is 0 Å². The molecule has 0 aliphatic heterocycles. The number of nitrogens with zero attached hydrogens (tertiary/aromatic N) is 2. The van der Waals surface area contributed by atoms with E-state index in [1.807, 2.05) is 0 Å². The molecule has 0 aliphatic carbocycles. The summed E-state index contributed by atoms with van der Waals surface area (Å²) in [7, 11) is 0. The zero-order valence-corrected chi connectivity index (χ0v) is 26.4. The van der Waals surface area contributed by atoms with Crippen LogP contribution in [0.2, 0.25) is 0 Å². The van der Waals surface area contributed by atoms with Gasteiger partial charge in [-0.1, -0.05) is 146 Å². The molecule has 2 nitrogen and oxygen atoms in total. The van der Waals surface area contributed by atoms with Crippen molar-refractivity contribution in [1.29, 1.82) is 0 Å². The van der Waals surface area contributed by atoms with Crippen LogP contribution in [-0.4, -0.2) is 4.57 Å². The van der Waals surface area contributed by atoms with Gasteiger partial charge in [-0.2, -0.15) is 0 Å². The van der Waals surface area contributed by atoms with Crippen LogP contribution in [-0.2, 0) is 0 Å². The molecule has 2 heteroatoms. The predicted molar refractivity (Wildman–Crippen MR) is 204 cm³/mol. The topological polar surface area (TPSA) is 8.17 Å². The van der Waals surface area contributed by atoms with Crippen molar-refractivity contribution < 1.29 is 0 Å². The van der Waals surface area contributed by atoms with E-state index >= 15 is 0 Å². The van der Waals surface area contributed by atoms with E-state index in [0.29, 0.717) is 0 Å². The Kier molecular flexibility index (Phi) is 6.84. The largest absolute Gasteiger partial charge is 0.308 e. The van der Waals surface area contributed by atoms with E-state index in [9.17, 15) is 0 Å². The quantitative estimate of drug-likeness (QED) is 0.181. The van der Waals surface area contributed by atoms with Crippen LogP contribution in [0.5, 0.6) is 0 Å². The maximum Gasteiger partial charge on any atom is 0.0782 e. The lowest BCUT2D eigenvalue weighted by Gasteiger charge is -2.28. The van der Waals surface area contributed by atoms with Gasteiger partial charge < -0.3 is 9.47 Å². The Morgan fingerprint density at radius 2 is 1.02 bits per heavy atom. The molecule has 0 amide bonds. The van der Waals surface area contributed by atoms with Gasteiger partial charge in [0.15, 0.2) is 0 Å². The second kappa shape index (κ2) is 11.8. The first kappa shape index (κ1) is 27.9. The normalized spacial score (nSPS) is 11.3. The highest BCUT2D eigenvalue weighted by Crippen LogP contribution is 2.46. The minimum absolute atomic E-state index is 1.10. The molecule has 0 fully saturated rings. The molecule has 0 atom stereocenters. The number of fused-ring (bicyclic) bond motifs is 4. The molecule has 0 bridgehead atoms. The van der Waals surface area contributed by atoms with E-state index in [0.717, 1.165) is 22.7 Å². The zero-order chi connectivity index (χ0) is 31.9. The Hall–Kier alpha value is -6.38. The molecular formula is C46H32N2. The van der Waals surface area contributed by atoms with Crippen LogP contribution in [0.4, 0.5) is 17.1 Å². The van der Waals surface area contributed by atoms with Crippen LogP contribution >= 0.6 is 0 Å². The van der Waals surface area contributed by atoms with Crippen molar-refractivity contribution >= 4 is 49.6 Å². The van der Waals surface area contributed by atoms with Crippen LogP contribution in [0.1, 0.15) is 0 Å². The average molecular weight is 613 g/mol. The van der Waals surface area contributed by atoms with Gasteiger partial charge in [0.1, 0.15) is 0 Å². The molecule has 226 valence electrons. The summed E-state index contributed by atoms with van der Waals surface area (Å²) in [4.78, 5) is 2.43. The van der Waals surface area contributed by atoms with Crippen LogP contribution in [0.15, 0.2) is 194 Å². The number of para-hydroxylation sites is 2. The van der Waals surface area contributed by atoms with Crippen LogP contribution in [0, 0.1) is 0 Å². The number of anilines is 3. The highest BCUT2D eigenvalue weighted by Gasteiger charge is 2.23. The molecule has 0 N–H and O–H groups in total. The lowest BCUT2D eigenvalue weighted by molar-refractivity contribution is 1.17. The second-order valence-corrected chi connectivity index (χ2v) is 12.2. The van der Waals surface area contributed by atoms with Crippen LogP contribution in [0.3, 0.4) is 0 Å². The molecule has 0 saturated heterocycles. The predicted octanol–water partition coefficient (Wildman–Crippen LogP) is 12.7. The molecule has 0 unspecified atom stereocenters. The maximum absolute atomic E-state index is 2.45. The van der Waals surface area contributed by atoms with Gasteiger partial charge in [-0.3, -0.25) is 0 Å². The van der Waals surface area contributed by atoms with Crippen LogP contribution < -0.4 is 4.90 Å². The number of hydrogen-bond acceptors (Lipinski definition) is 1. The smallest absolute Gasteiger partial charge is 0.0782 e. The zero-order valence-electron chi connectivity index (χ0n) is 26.4. The third-order valence-electron chi connectivity index (χ3n) is 9.33. The first-order valence-corrected chi connectivity index (χ1v) is 16.4. The maximum atomic E-state index is 2.45. The molecule has 9 aromatic rings. The van der Waals surface area contributed by atoms with Gasteiger partial charge in [0, 0.05) is 27.8 Å². The molecule has 0 saturated carbocycles. The van der Waals surface area contributed by atoms with E-state index in [-0.39, 0.29) is 0 Å². The fourth-order valence-electron chi connectivity index (χ4n) is 7.18. The summed E-state index contributed by atoms with van der Waals surface area (Å²) >= 11 is 0. The van der Waals surface area contributed by atoms with Gasteiger partial charge in [-0.25, -0.2) is 0 Å². The Morgan fingerprint density at radius 3 is 1.81 bits per heavy atom. The van der Waals surface area contributed by atoms with E-state index < -0.39 is 0 Å². The lowest BCUT2D eigenvalue weighted by atomic mass is 9.99. The third-order valence-corrected chi connectivity index (χ3v) is 9.33. The van der Waals surface area contributed by atoms with Crippen LogP contribution in [0.25, 0.3) is 60.5 Å². The standard InChI is InChI=1S/C46H32N2/c1-4-15-33(16-5-1)37-21-12-24-39(31-37)47(40-30-29-34-17-10-11-20-36(34)32-40)44-28-14-26-42-45-41(35-18-6-2-7-19-35)25-13-27-43(45)48(46(42)44)38-22-8-3-9-23-38/h1-32H. The number of hydrogen-bond donors (Lipinski definition) is 0. The number of rotatable bonds is 6. The summed E-state index contributed by atoms with van der Waals surface area (Å²) in [5.41, 5.74) is 11.6. The Balaban J connectivity index is 1.39. The monoisotopic (exact) mass is 612 g/mol. The van der Waals surface area contributed by atoms with Gasteiger partial charge in [-0.05, 0) is 81.6 Å². The van der Waals surface area contributed by atoms with Crippen molar-refractivity contribution in [2.24, 2.45) is 0 Å². The van der Waals surface area contributed by atoms with Gasteiger partial charge in [0.05, 0.1) is 16.7 Å². The Bertz CT molecular complexity index is 2550.